The number of likely N-dealkylation sites (tertiary alicyclic amines) is 1. The van der Waals surface area contributed by atoms with Crippen LogP contribution < -0.4 is 15.0 Å². The van der Waals surface area contributed by atoms with Gasteiger partial charge >= 0.3 is 6.01 Å². The molecule has 3 saturated heterocycles. The third-order valence-corrected chi connectivity index (χ3v) is 8.65. The number of ether oxygens (including phenoxy) is 1. The van der Waals surface area contributed by atoms with Gasteiger partial charge in [0.05, 0.1) is 5.39 Å². The average molecular weight is 525 g/mol. The Labute approximate surface area is 227 Å². The van der Waals surface area contributed by atoms with Gasteiger partial charge in [-0.1, -0.05) is 49.1 Å². The first-order valence-electron chi connectivity index (χ1n) is 13.9. The molecule has 0 radical (unpaired) electrons. The van der Waals surface area contributed by atoms with Gasteiger partial charge < -0.3 is 19.9 Å². The van der Waals surface area contributed by atoms with E-state index in [1.165, 1.54) is 0 Å². The van der Waals surface area contributed by atoms with Gasteiger partial charge in [0.15, 0.2) is 5.82 Å². The summed E-state index contributed by atoms with van der Waals surface area (Å²) in [6, 6.07) is 13.2. The van der Waals surface area contributed by atoms with Crippen molar-refractivity contribution >= 4 is 33.6 Å². The molecule has 0 amide bonds. The second-order valence-electron chi connectivity index (χ2n) is 11.1. The molecule has 2 bridgehead atoms. The van der Waals surface area contributed by atoms with Crippen LogP contribution in [0.3, 0.4) is 0 Å². The molecule has 2 unspecified atom stereocenters. The van der Waals surface area contributed by atoms with E-state index in [2.05, 4.69) is 38.7 Å². The predicted octanol–water partition coefficient (Wildman–Crippen LogP) is 5.04. The topological polar surface area (TPSA) is 66.4 Å². The lowest BCUT2D eigenvalue weighted by molar-refractivity contribution is 0.188. The van der Waals surface area contributed by atoms with E-state index < -0.39 is 5.82 Å². The lowest BCUT2D eigenvalue weighted by Crippen LogP contribution is -2.51. The van der Waals surface area contributed by atoms with Gasteiger partial charge in [0.2, 0.25) is 0 Å². The number of nitrogens with zero attached hydrogens (tertiary/aromatic N) is 5. The van der Waals surface area contributed by atoms with Crippen LogP contribution in [0.5, 0.6) is 6.01 Å². The second kappa shape index (κ2) is 9.84. The Kier molecular flexibility index (Phi) is 6.16. The predicted molar refractivity (Wildman–Crippen MR) is 154 cm³/mol. The van der Waals surface area contributed by atoms with E-state index in [4.69, 9.17) is 9.72 Å². The molecule has 3 aliphatic heterocycles. The van der Waals surface area contributed by atoms with Crippen LogP contribution in [0.15, 0.2) is 49.2 Å². The summed E-state index contributed by atoms with van der Waals surface area (Å²) in [5.74, 6) is 0.249. The molecule has 2 aromatic heterocycles. The second-order valence-corrected chi connectivity index (χ2v) is 11.1. The maximum Gasteiger partial charge on any atom is 0.319 e. The fraction of sp³-hybridized carbons (Fsp3) is 0.387. The van der Waals surface area contributed by atoms with Crippen LogP contribution in [-0.2, 0) is 0 Å². The molecule has 0 saturated carbocycles. The van der Waals surface area contributed by atoms with E-state index in [1.54, 1.807) is 12.3 Å². The average Bonchev–Trinajstić information content (AvgIpc) is 3.54. The maximum absolute atomic E-state index is 16.5. The van der Waals surface area contributed by atoms with E-state index in [0.29, 0.717) is 35.9 Å². The van der Waals surface area contributed by atoms with Gasteiger partial charge in [-0.3, -0.25) is 4.98 Å². The van der Waals surface area contributed by atoms with Crippen LogP contribution in [0, 0.1) is 5.82 Å². The van der Waals surface area contributed by atoms with Crippen molar-refractivity contribution in [3.63, 3.8) is 0 Å². The van der Waals surface area contributed by atoms with E-state index >= 15 is 4.39 Å². The number of halogens is 1. The molecule has 200 valence electrons. The molecular weight excluding hydrogens is 491 g/mol. The minimum atomic E-state index is -0.455. The maximum atomic E-state index is 16.5. The molecule has 2 aromatic carbocycles. The van der Waals surface area contributed by atoms with Gasteiger partial charge in [-0.05, 0) is 55.6 Å². The number of likely N-dealkylation sites (N-methyl/N-ethyl adjacent to an activating group) is 1. The molecule has 0 aliphatic carbocycles. The molecule has 1 N–H and O–H groups in total. The summed E-state index contributed by atoms with van der Waals surface area (Å²) in [4.78, 5) is 18.7. The monoisotopic (exact) mass is 524 g/mol. The van der Waals surface area contributed by atoms with Gasteiger partial charge in [0.25, 0.3) is 0 Å². The van der Waals surface area contributed by atoms with E-state index in [9.17, 15) is 0 Å². The number of piperazine rings is 1. The number of fused-ring (bicyclic) bond motifs is 4. The van der Waals surface area contributed by atoms with Crippen LogP contribution in [0.2, 0.25) is 0 Å². The highest BCUT2D eigenvalue weighted by molar-refractivity contribution is 6.03. The third-order valence-electron chi connectivity index (χ3n) is 8.65. The standard InChI is InChI=1S/C31H33FN6O/c1-3-19-7-4-8-20-9-5-11-24(26(19)20)28-27(32)29-25(15-33-28)30(38-16-21-12-13-22(17-38)34-21)36-31(35-29)39-18-23-10-6-14-37(23)2/h3-5,7-9,11,15,21-23,34H,1,6,10,12-14,16-18H2,2H3/t21?,22?,23-/m0/s1. The lowest BCUT2D eigenvalue weighted by atomic mass is 9.96. The summed E-state index contributed by atoms with van der Waals surface area (Å²) in [6.45, 7) is 7.16. The molecule has 3 atom stereocenters. The van der Waals surface area contributed by atoms with Gasteiger partial charge in [-0.15, -0.1) is 0 Å². The number of anilines is 1. The zero-order chi connectivity index (χ0) is 26.5. The fourth-order valence-corrected chi connectivity index (χ4v) is 6.58. The summed E-state index contributed by atoms with van der Waals surface area (Å²) >= 11 is 0. The Morgan fingerprint density at radius 3 is 2.64 bits per heavy atom. The molecule has 8 heteroatoms. The zero-order valence-electron chi connectivity index (χ0n) is 22.2. The van der Waals surface area contributed by atoms with Crippen molar-refractivity contribution in [2.45, 2.75) is 43.8 Å². The van der Waals surface area contributed by atoms with Crippen LogP contribution in [0.25, 0.3) is 39.0 Å². The first kappa shape index (κ1) is 24.4. The summed E-state index contributed by atoms with van der Waals surface area (Å²) in [6.07, 6.45) is 8.05. The summed E-state index contributed by atoms with van der Waals surface area (Å²) in [5, 5.41) is 6.22. The van der Waals surface area contributed by atoms with Gasteiger partial charge in [-0.25, -0.2) is 4.39 Å². The molecule has 0 spiro atoms. The minimum Gasteiger partial charge on any atom is -0.462 e. The number of pyridine rings is 1. The van der Waals surface area contributed by atoms with Gasteiger partial charge in [-0.2, -0.15) is 9.97 Å². The van der Waals surface area contributed by atoms with Crippen molar-refractivity contribution in [1.82, 2.24) is 25.2 Å². The molecule has 3 aliphatic rings. The quantitative estimate of drug-likeness (QED) is 0.379. The zero-order valence-corrected chi connectivity index (χ0v) is 22.2. The van der Waals surface area contributed by atoms with Crippen molar-refractivity contribution in [1.29, 1.82) is 0 Å². The van der Waals surface area contributed by atoms with E-state index in [1.807, 2.05) is 36.4 Å². The Hall–Kier alpha value is -3.62. The molecule has 3 fully saturated rings. The fourth-order valence-electron chi connectivity index (χ4n) is 6.58. The first-order valence-corrected chi connectivity index (χ1v) is 13.9. The van der Waals surface area contributed by atoms with Crippen LogP contribution in [-0.4, -0.2) is 71.3 Å². The Morgan fingerprint density at radius 2 is 1.90 bits per heavy atom. The summed E-state index contributed by atoms with van der Waals surface area (Å²) < 4.78 is 22.7. The van der Waals surface area contributed by atoms with Crippen LogP contribution in [0.4, 0.5) is 10.2 Å². The molecule has 4 aromatic rings. The molecule has 5 heterocycles. The number of hydrogen-bond donors (Lipinski definition) is 1. The van der Waals surface area contributed by atoms with Crippen molar-refractivity contribution < 1.29 is 9.13 Å². The van der Waals surface area contributed by atoms with E-state index in [0.717, 1.165) is 67.2 Å². The Bertz CT molecular complexity index is 1560. The molecule has 7 nitrogen and oxygen atoms in total. The van der Waals surface area contributed by atoms with Crippen molar-refractivity contribution in [2.75, 3.05) is 38.2 Å². The van der Waals surface area contributed by atoms with E-state index in [-0.39, 0.29) is 17.2 Å². The largest absolute Gasteiger partial charge is 0.462 e. The summed E-state index contributed by atoms with van der Waals surface area (Å²) in [5.41, 5.74) is 2.18. The number of rotatable bonds is 6. The molecule has 39 heavy (non-hydrogen) atoms. The summed E-state index contributed by atoms with van der Waals surface area (Å²) in [7, 11) is 2.11. The minimum absolute atomic E-state index is 0.226. The number of aromatic nitrogens is 3. The van der Waals surface area contributed by atoms with Crippen LogP contribution >= 0.6 is 0 Å². The number of hydrogen-bond acceptors (Lipinski definition) is 7. The SMILES string of the molecule is C=Cc1cccc2cccc(-c3ncc4c(N5CC6CCC(C5)N6)nc(OC[C@@H]5CCCN5C)nc4c3F)c12. The Balaban J connectivity index is 1.36. The van der Waals surface area contributed by atoms with Gasteiger partial charge in [0.1, 0.15) is 23.6 Å². The smallest absolute Gasteiger partial charge is 0.319 e. The highest BCUT2D eigenvalue weighted by Gasteiger charge is 2.34. The van der Waals surface area contributed by atoms with Gasteiger partial charge in [0, 0.05) is 43.0 Å². The highest BCUT2D eigenvalue weighted by Crippen LogP contribution is 2.37. The normalized spacial score (nSPS) is 23.1. The van der Waals surface area contributed by atoms with Crippen molar-refractivity contribution in [3.8, 4) is 17.3 Å². The lowest BCUT2D eigenvalue weighted by Gasteiger charge is -2.34. The third kappa shape index (κ3) is 4.32. The van der Waals surface area contributed by atoms with Crippen molar-refractivity contribution in [3.05, 3.63) is 60.6 Å². The molecule has 7 rings (SSSR count). The number of nitrogens with one attached hydrogen (secondary N) is 1. The Morgan fingerprint density at radius 1 is 1.10 bits per heavy atom. The van der Waals surface area contributed by atoms with Crippen molar-refractivity contribution in [2.24, 2.45) is 0 Å². The number of benzene rings is 2. The first-order chi connectivity index (χ1) is 19.1. The highest BCUT2D eigenvalue weighted by atomic mass is 19.1. The molecular formula is C31H33FN6O. The van der Waals surface area contributed by atoms with Crippen LogP contribution in [0.1, 0.15) is 31.2 Å².